The van der Waals surface area contributed by atoms with Gasteiger partial charge in [-0.25, -0.2) is 0 Å². The summed E-state index contributed by atoms with van der Waals surface area (Å²) in [6, 6.07) is 9.67. The molecule has 0 aliphatic carbocycles. The highest BCUT2D eigenvalue weighted by Crippen LogP contribution is 2.38. The second-order valence-corrected chi connectivity index (χ2v) is 6.40. The number of hydrogen-bond donors (Lipinski definition) is 3. The number of carbonyl (C=O) groups excluding carboxylic acids is 2. The second-order valence-electron chi connectivity index (χ2n) is 5.59. The Morgan fingerprint density at radius 1 is 0.967 bits per heavy atom. The number of amides is 2. The van der Waals surface area contributed by atoms with Gasteiger partial charge in [-0.15, -0.1) is 0 Å². The lowest BCUT2D eigenvalue weighted by atomic mass is 10.1. The zero-order valence-corrected chi connectivity index (χ0v) is 18.0. The first-order valence-electron chi connectivity index (χ1n) is 8.47. The third-order valence-corrected chi connectivity index (χ3v) is 4.18. The van der Waals surface area contributed by atoms with Crippen LogP contribution in [0.15, 0.2) is 36.4 Å². The predicted octanol–water partition coefficient (Wildman–Crippen LogP) is 2.08. The largest absolute Gasteiger partial charge is 0.493 e. The highest BCUT2D eigenvalue weighted by atomic mass is 35.5. The van der Waals surface area contributed by atoms with Crippen LogP contribution in [-0.2, 0) is 4.79 Å². The van der Waals surface area contributed by atoms with E-state index in [2.05, 4.69) is 16.2 Å². The summed E-state index contributed by atoms with van der Waals surface area (Å²) in [5, 5.41) is 2.63. The van der Waals surface area contributed by atoms with Crippen LogP contribution in [-0.4, -0.2) is 44.9 Å². The van der Waals surface area contributed by atoms with Gasteiger partial charge in [0.05, 0.1) is 26.4 Å². The Labute approximate surface area is 183 Å². The summed E-state index contributed by atoms with van der Waals surface area (Å²) in [6.07, 6.45) is 0. The molecule has 0 saturated heterocycles. The number of ether oxygens (including phenoxy) is 4. The molecule has 30 heavy (non-hydrogen) atoms. The topological polar surface area (TPSA) is 107 Å². The highest BCUT2D eigenvalue weighted by molar-refractivity contribution is 7.80. The summed E-state index contributed by atoms with van der Waals surface area (Å²) in [5.41, 5.74) is 5.01. The van der Waals surface area contributed by atoms with Gasteiger partial charge >= 0.3 is 0 Å². The molecule has 3 N–H and O–H groups in total. The summed E-state index contributed by atoms with van der Waals surface area (Å²) in [6.45, 7) is -0.313. The average Bonchev–Trinajstić information content (AvgIpc) is 2.75. The van der Waals surface area contributed by atoms with Crippen LogP contribution in [0.5, 0.6) is 23.0 Å². The molecule has 0 aliphatic heterocycles. The van der Waals surface area contributed by atoms with Crippen molar-refractivity contribution in [1.29, 1.82) is 0 Å². The highest BCUT2D eigenvalue weighted by Gasteiger charge is 2.17. The average molecular weight is 454 g/mol. The van der Waals surface area contributed by atoms with E-state index in [-0.39, 0.29) is 17.3 Å². The fraction of sp³-hybridized carbons (Fsp3) is 0.211. The van der Waals surface area contributed by atoms with E-state index in [1.165, 1.54) is 33.5 Å². The van der Waals surface area contributed by atoms with Gasteiger partial charge in [-0.05, 0) is 36.5 Å². The quantitative estimate of drug-likeness (QED) is 0.432. The van der Waals surface area contributed by atoms with Crippen LogP contribution in [0.25, 0.3) is 0 Å². The van der Waals surface area contributed by atoms with Gasteiger partial charge in [-0.1, -0.05) is 23.7 Å². The SMILES string of the molecule is COc1cc(C(=O)NNC(=S)NC(=O)COc2ccccc2Cl)cc(OC)c1OC. The number of hydrazine groups is 1. The Morgan fingerprint density at radius 2 is 1.60 bits per heavy atom. The fourth-order valence-electron chi connectivity index (χ4n) is 2.30. The number of hydrogen-bond acceptors (Lipinski definition) is 7. The monoisotopic (exact) mass is 453 g/mol. The molecule has 2 amide bonds. The number of carbonyl (C=O) groups is 2. The third-order valence-electron chi connectivity index (χ3n) is 3.66. The van der Waals surface area contributed by atoms with E-state index in [1.54, 1.807) is 24.3 Å². The number of rotatable bonds is 7. The van der Waals surface area contributed by atoms with Gasteiger partial charge in [0.2, 0.25) is 5.75 Å². The van der Waals surface area contributed by atoms with Crippen molar-refractivity contribution < 1.29 is 28.5 Å². The van der Waals surface area contributed by atoms with E-state index in [0.29, 0.717) is 28.0 Å². The third kappa shape index (κ3) is 6.13. The van der Waals surface area contributed by atoms with Crippen molar-refractivity contribution >= 4 is 40.7 Å². The molecular formula is C19H20ClN3O6S. The molecule has 0 aliphatic rings. The van der Waals surface area contributed by atoms with E-state index in [0.717, 1.165) is 0 Å². The van der Waals surface area contributed by atoms with Gasteiger partial charge in [0.25, 0.3) is 11.8 Å². The number of para-hydroxylation sites is 1. The van der Waals surface area contributed by atoms with Crippen LogP contribution in [0.2, 0.25) is 5.02 Å². The van der Waals surface area contributed by atoms with Crippen molar-refractivity contribution in [1.82, 2.24) is 16.2 Å². The Morgan fingerprint density at radius 3 is 2.17 bits per heavy atom. The van der Waals surface area contributed by atoms with Crippen LogP contribution in [0.1, 0.15) is 10.4 Å². The van der Waals surface area contributed by atoms with E-state index in [4.69, 9.17) is 42.8 Å². The van der Waals surface area contributed by atoms with Crippen LogP contribution in [0, 0.1) is 0 Å². The van der Waals surface area contributed by atoms with Crippen molar-refractivity contribution in [2.24, 2.45) is 0 Å². The minimum atomic E-state index is -0.543. The van der Waals surface area contributed by atoms with Gasteiger partial charge in [0.15, 0.2) is 23.2 Å². The Balaban J connectivity index is 1.89. The molecule has 0 atom stereocenters. The molecule has 0 fully saturated rings. The maximum Gasteiger partial charge on any atom is 0.269 e. The minimum Gasteiger partial charge on any atom is -0.493 e. The lowest BCUT2D eigenvalue weighted by Gasteiger charge is -2.15. The number of halogens is 1. The second kappa shape index (κ2) is 11.1. The molecule has 11 heteroatoms. The smallest absolute Gasteiger partial charge is 0.269 e. The molecule has 0 spiro atoms. The summed E-state index contributed by atoms with van der Waals surface area (Å²) in [7, 11) is 4.33. The summed E-state index contributed by atoms with van der Waals surface area (Å²) in [4.78, 5) is 24.3. The molecule has 0 aromatic heterocycles. The molecule has 0 saturated carbocycles. The molecule has 0 radical (unpaired) electrons. The zero-order chi connectivity index (χ0) is 22.1. The maximum atomic E-state index is 12.4. The van der Waals surface area contributed by atoms with Gasteiger partial charge in [-0.3, -0.25) is 25.8 Å². The van der Waals surface area contributed by atoms with Crippen LogP contribution >= 0.6 is 23.8 Å². The Kier molecular flexibility index (Phi) is 8.51. The Hall–Kier alpha value is -3.24. The fourth-order valence-corrected chi connectivity index (χ4v) is 2.65. The first kappa shape index (κ1) is 23.0. The molecule has 0 bridgehead atoms. The van der Waals surface area contributed by atoms with Crippen LogP contribution in [0.4, 0.5) is 0 Å². The first-order chi connectivity index (χ1) is 14.4. The molecule has 2 rings (SSSR count). The molecule has 2 aromatic rings. The molecule has 160 valence electrons. The van der Waals surface area contributed by atoms with Crippen molar-refractivity contribution in [3.8, 4) is 23.0 Å². The zero-order valence-electron chi connectivity index (χ0n) is 16.4. The molecule has 0 unspecified atom stereocenters. The summed E-state index contributed by atoms with van der Waals surface area (Å²) in [5.74, 6) is 0.270. The van der Waals surface area contributed by atoms with Gasteiger partial charge in [-0.2, -0.15) is 0 Å². The number of benzene rings is 2. The standard InChI is InChI=1S/C19H20ClN3O6S/c1-26-14-8-11(9-15(27-2)17(14)28-3)18(25)22-23-19(30)21-16(24)10-29-13-7-5-4-6-12(13)20/h4-9H,10H2,1-3H3,(H,22,25)(H2,21,23,24,30). The molecular weight excluding hydrogens is 434 g/mol. The van der Waals surface area contributed by atoms with Gasteiger partial charge in [0.1, 0.15) is 5.75 Å². The number of thiocarbonyl (C=S) groups is 1. The van der Waals surface area contributed by atoms with Crippen LogP contribution < -0.4 is 35.1 Å². The number of methoxy groups -OCH3 is 3. The summed E-state index contributed by atoms with van der Waals surface area (Å²) >= 11 is 10.9. The minimum absolute atomic E-state index is 0.122. The maximum absolute atomic E-state index is 12.4. The van der Waals surface area contributed by atoms with E-state index >= 15 is 0 Å². The molecule has 2 aromatic carbocycles. The van der Waals surface area contributed by atoms with Crippen molar-refractivity contribution in [3.63, 3.8) is 0 Å². The lowest BCUT2D eigenvalue weighted by Crippen LogP contribution is -2.49. The lowest BCUT2D eigenvalue weighted by molar-refractivity contribution is -0.121. The number of nitrogens with one attached hydrogen (secondary N) is 3. The van der Waals surface area contributed by atoms with Crippen molar-refractivity contribution in [2.75, 3.05) is 27.9 Å². The summed E-state index contributed by atoms with van der Waals surface area (Å²) < 4.78 is 20.9. The van der Waals surface area contributed by atoms with E-state index in [1.807, 2.05) is 0 Å². The van der Waals surface area contributed by atoms with Gasteiger partial charge in [0, 0.05) is 5.56 Å². The van der Waals surface area contributed by atoms with E-state index < -0.39 is 11.8 Å². The van der Waals surface area contributed by atoms with Crippen LogP contribution in [0.3, 0.4) is 0 Å². The van der Waals surface area contributed by atoms with Crippen molar-refractivity contribution in [2.45, 2.75) is 0 Å². The normalized spacial score (nSPS) is 9.87. The first-order valence-corrected chi connectivity index (χ1v) is 9.25. The Bertz CT molecular complexity index is 915. The molecule has 9 nitrogen and oxygen atoms in total. The van der Waals surface area contributed by atoms with Crippen molar-refractivity contribution in [3.05, 3.63) is 47.0 Å². The predicted molar refractivity (Wildman–Crippen MR) is 114 cm³/mol. The van der Waals surface area contributed by atoms with Gasteiger partial charge < -0.3 is 18.9 Å². The molecule has 0 heterocycles. The van der Waals surface area contributed by atoms with E-state index in [9.17, 15) is 9.59 Å².